The van der Waals surface area contributed by atoms with Crippen molar-refractivity contribution in [2.45, 2.75) is 40.7 Å². The van der Waals surface area contributed by atoms with Crippen LogP contribution in [0.25, 0.3) is 0 Å². The highest BCUT2D eigenvalue weighted by Gasteiger charge is 2.15. The lowest BCUT2D eigenvalue weighted by Gasteiger charge is -2.07. The van der Waals surface area contributed by atoms with Gasteiger partial charge in [-0.3, -0.25) is 9.59 Å². The van der Waals surface area contributed by atoms with Crippen LogP contribution < -0.4 is 0 Å². The van der Waals surface area contributed by atoms with Crippen LogP contribution in [0.2, 0.25) is 0 Å². The predicted molar refractivity (Wildman–Crippen MR) is 82.5 cm³/mol. The Labute approximate surface area is 124 Å². The molecule has 1 rings (SSSR count). The van der Waals surface area contributed by atoms with Crippen molar-refractivity contribution in [2.24, 2.45) is 0 Å². The summed E-state index contributed by atoms with van der Waals surface area (Å²) in [6.07, 6.45) is 1.04. The first-order chi connectivity index (χ1) is 9.51. The first-order valence-electron chi connectivity index (χ1n) is 6.94. The van der Waals surface area contributed by atoms with Crippen LogP contribution in [0, 0.1) is 13.8 Å². The van der Waals surface area contributed by atoms with E-state index in [-0.39, 0.29) is 17.5 Å². The summed E-state index contributed by atoms with van der Waals surface area (Å²) in [5, 5.41) is 0. The fourth-order valence-electron chi connectivity index (χ4n) is 2.16. The maximum Gasteiger partial charge on any atom is 0.315 e. The number of ketones is 1. The molecule has 0 aliphatic carbocycles. The van der Waals surface area contributed by atoms with Crippen molar-refractivity contribution in [1.29, 1.82) is 0 Å². The fourth-order valence-corrected chi connectivity index (χ4v) is 2.85. The molecule has 112 valence electrons. The molecule has 20 heavy (non-hydrogen) atoms. The van der Waals surface area contributed by atoms with Gasteiger partial charge in [0.05, 0.1) is 18.1 Å². The van der Waals surface area contributed by atoms with E-state index in [0.29, 0.717) is 12.4 Å². The van der Waals surface area contributed by atoms with Crippen LogP contribution in [0.3, 0.4) is 0 Å². The first-order valence-corrected chi connectivity index (χ1v) is 8.10. The molecule has 0 saturated carbocycles. The molecule has 0 bridgehead atoms. The molecule has 0 amide bonds. The minimum absolute atomic E-state index is 0.0785. The highest BCUT2D eigenvalue weighted by molar-refractivity contribution is 8.00. The minimum Gasteiger partial charge on any atom is -0.465 e. The molecule has 0 aromatic carbocycles. The molecule has 0 atom stereocenters. The third-order valence-electron chi connectivity index (χ3n) is 3.08. The molecule has 0 unspecified atom stereocenters. The standard InChI is InChI=1S/C15H23NO3S/c1-5-7-16-11(3)8-13(12(16)4)14(17)9-20-10-15(18)19-6-2/h8H,5-7,9-10H2,1-4H3. The van der Waals surface area contributed by atoms with E-state index < -0.39 is 0 Å². The van der Waals surface area contributed by atoms with E-state index in [1.54, 1.807) is 6.92 Å². The van der Waals surface area contributed by atoms with E-state index in [1.807, 2.05) is 19.9 Å². The number of aryl methyl sites for hydroxylation is 1. The number of hydrogen-bond acceptors (Lipinski definition) is 4. The molecule has 5 heteroatoms. The van der Waals surface area contributed by atoms with Gasteiger partial charge in [-0.05, 0) is 33.3 Å². The van der Waals surface area contributed by atoms with Gasteiger partial charge in [-0.25, -0.2) is 0 Å². The molecule has 0 saturated heterocycles. The van der Waals surface area contributed by atoms with Gasteiger partial charge in [0.15, 0.2) is 5.78 Å². The fraction of sp³-hybridized carbons (Fsp3) is 0.600. The Morgan fingerprint density at radius 3 is 2.55 bits per heavy atom. The molecule has 0 N–H and O–H groups in total. The zero-order valence-electron chi connectivity index (χ0n) is 12.7. The molecule has 1 aromatic rings. The Morgan fingerprint density at radius 2 is 1.95 bits per heavy atom. The van der Waals surface area contributed by atoms with E-state index in [4.69, 9.17) is 4.74 Å². The summed E-state index contributed by atoms with van der Waals surface area (Å²) in [7, 11) is 0. The van der Waals surface area contributed by atoms with Crippen molar-refractivity contribution in [2.75, 3.05) is 18.1 Å². The van der Waals surface area contributed by atoms with Crippen molar-refractivity contribution in [1.82, 2.24) is 4.57 Å². The summed E-state index contributed by atoms with van der Waals surface area (Å²) in [6, 6.07) is 1.94. The number of hydrogen-bond donors (Lipinski definition) is 0. The van der Waals surface area contributed by atoms with E-state index in [1.165, 1.54) is 11.8 Å². The van der Waals surface area contributed by atoms with Crippen molar-refractivity contribution in [3.63, 3.8) is 0 Å². The second kappa shape index (κ2) is 8.15. The zero-order chi connectivity index (χ0) is 15.1. The molecule has 1 heterocycles. The van der Waals surface area contributed by atoms with Crippen LogP contribution in [-0.2, 0) is 16.1 Å². The number of esters is 1. The number of carbonyl (C=O) groups is 2. The average molecular weight is 297 g/mol. The van der Waals surface area contributed by atoms with Gasteiger partial charge in [0, 0.05) is 23.5 Å². The minimum atomic E-state index is -0.262. The molecule has 0 spiro atoms. The summed E-state index contributed by atoms with van der Waals surface area (Å²) >= 11 is 1.31. The highest BCUT2D eigenvalue weighted by atomic mass is 32.2. The molecule has 4 nitrogen and oxygen atoms in total. The smallest absolute Gasteiger partial charge is 0.315 e. The van der Waals surface area contributed by atoms with Gasteiger partial charge >= 0.3 is 5.97 Å². The Kier molecular flexibility index (Phi) is 6.85. The summed E-state index contributed by atoms with van der Waals surface area (Å²) in [4.78, 5) is 23.4. The first kappa shape index (κ1) is 16.8. The van der Waals surface area contributed by atoms with Crippen LogP contribution in [-0.4, -0.2) is 34.4 Å². The number of Topliss-reactive ketones (excluding diaryl/α,β-unsaturated/α-hetero) is 1. The summed E-state index contributed by atoms with van der Waals surface area (Å²) in [5.41, 5.74) is 2.90. The SMILES string of the molecule is CCCn1c(C)cc(C(=O)CSCC(=O)OCC)c1C. The molecule has 1 aromatic heterocycles. The van der Waals surface area contributed by atoms with E-state index in [0.717, 1.165) is 29.9 Å². The van der Waals surface area contributed by atoms with Gasteiger partial charge in [-0.15, -0.1) is 11.8 Å². The van der Waals surface area contributed by atoms with Gasteiger partial charge in [0.25, 0.3) is 0 Å². The number of rotatable bonds is 8. The van der Waals surface area contributed by atoms with Crippen LogP contribution in [0.15, 0.2) is 6.07 Å². The second-order valence-corrected chi connectivity index (χ2v) is 5.64. The van der Waals surface area contributed by atoms with Gasteiger partial charge in [-0.2, -0.15) is 0 Å². The maximum atomic E-state index is 12.2. The lowest BCUT2D eigenvalue weighted by Crippen LogP contribution is -2.11. The molecule has 0 aliphatic heterocycles. The van der Waals surface area contributed by atoms with Crippen LogP contribution in [0.5, 0.6) is 0 Å². The molecular weight excluding hydrogens is 274 g/mol. The molecule has 0 radical (unpaired) electrons. The molecular formula is C15H23NO3S. The topological polar surface area (TPSA) is 48.3 Å². The Hall–Kier alpha value is -1.23. The van der Waals surface area contributed by atoms with Crippen molar-refractivity contribution < 1.29 is 14.3 Å². The van der Waals surface area contributed by atoms with E-state index in [9.17, 15) is 9.59 Å². The quantitative estimate of drug-likeness (QED) is 0.547. The van der Waals surface area contributed by atoms with Gasteiger partial charge in [-0.1, -0.05) is 6.92 Å². The third kappa shape index (κ3) is 4.40. The number of thioether (sulfide) groups is 1. The van der Waals surface area contributed by atoms with E-state index >= 15 is 0 Å². The Balaban J connectivity index is 2.60. The predicted octanol–water partition coefficient (Wildman–Crippen LogP) is 2.99. The van der Waals surface area contributed by atoms with Crippen molar-refractivity contribution >= 4 is 23.5 Å². The summed E-state index contributed by atoms with van der Waals surface area (Å²) < 4.78 is 7.00. The Morgan fingerprint density at radius 1 is 1.25 bits per heavy atom. The maximum absolute atomic E-state index is 12.2. The summed E-state index contributed by atoms with van der Waals surface area (Å²) in [6.45, 7) is 9.20. The normalized spacial score (nSPS) is 10.6. The molecule has 0 aliphatic rings. The highest BCUT2D eigenvalue weighted by Crippen LogP contribution is 2.18. The van der Waals surface area contributed by atoms with Crippen molar-refractivity contribution in [3.8, 4) is 0 Å². The number of nitrogens with zero attached hydrogens (tertiary/aromatic N) is 1. The average Bonchev–Trinajstić information content (AvgIpc) is 2.67. The zero-order valence-corrected chi connectivity index (χ0v) is 13.5. The largest absolute Gasteiger partial charge is 0.465 e. The summed E-state index contributed by atoms with van der Waals surface area (Å²) in [5.74, 6) is 0.360. The second-order valence-electron chi connectivity index (χ2n) is 4.66. The van der Waals surface area contributed by atoms with Crippen molar-refractivity contribution in [3.05, 3.63) is 23.0 Å². The lowest BCUT2D eigenvalue weighted by atomic mass is 10.2. The number of carbonyl (C=O) groups excluding carboxylic acids is 2. The van der Waals surface area contributed by atoms with E-state index in [2.05, 4.69) is 11.5 Å². The monoisotopic (exact) mass is 297 g/mol. The number of aromatic nitrogens is 1. The Bertz CT molecular complexity index is 480. The van der Waals surface area contributed by atoms with Gasteiger partial charge in [0.1, 0.15) is 0 Å². The third-order valence-corrected chi connectivity index (χ3v) is 3.99. The molecule has 0 fully saturated rings. The number of ether oxygens (including phenoxy) is 1. The van der Waals surface area contributed by atoms with Crippen LogP contribution in [0.4, 0.5) is 0 Å². The van der Waals surface area contributed by atoms with Crippen LogP contribution >= 0.6 is 11.8 Å². The lowest BCUT2D eigenvalue weighted by molar-refractivity contribution is -0.139. The van der Waals surface area contributed by atoms with Gasteiger partial charge in [0.2, 0.25) is 0 Å². The van der Waals surface area contributed by atoms with Crippen LogP contribution in [0.1, 0.15) is 42.0 Å². The van der Waals surface area contributed by atoms with Gasteiger partial charge < -0.3 is 9.30 Å².